The maximum absolute atomic E-state index is 12.1. The number of ether oxygens (including phenoxy) is 1. The summed E-state index contributed by atoms with van der Waals surface area (Å²) < 4.78 is 4.97. The standard InChI is InChI=1S/C21H22N4O4/c1-3-29-20(27)18-11-14-10-16(8-9-17(14)25-18)23-19(26)12-22-21(28)24-15-6-4-13(2)5-7-15/h4-11,25H,3,12H2,1-2H3,(H,23,26)(H2,22,24,28). The lowest BCUT2D eigenvalue weighted by atomic mass is 10.2. The number of benzene rings is 2. The number of carbonyl (C=O) groups is 3. The van der Waals surface area contributed by atoms with E-state index in [0.29, 0.717) is 23.7 Å². The van der Waals surface area contributed by atoms with Crippen molar-refractivity contribution >= 4 is 40.2 Å². The molecular formula is C21H22N4O4. The van der Waals surface area contributed by atoms with Gasteiger partial charge in [-0.1, -0.05) is 17.7 Å². The normalized spacial score (nSPS) is 10.4. The number of H-pyrrole nitrogens is 1. The third-order valence-electron chi connectivity index (χ3n) is 4.12. The van der Waals surface area contributed by atoms with Crippen molar-refractivity contribution in [1.82, 2.24) is 10.3 Å². The molecule has 0 saturated heterocycles. The largest absolute Gasteiger partial charge is 0.461 e. The fourth-order valence-corrected chi connectivity index (χ4v) is 2.71. The molecule has 3 rings (SSSR count). The molecule has 29 heavy (non-hydrogen) atoms. The Bertz CT molecular complexity index is 1040. The highest BCUT2D eigenvalue weighted by Gasteiger charge is 2.11. The van der Waals surface area contributed by atoms with Crippen molar-refractivity contribution in [2.75, 3.05) is 23.8 Å². The lowest BCUT2D eigenvalue weighted by Gasteiger charge is -2.09. The predicted molar refractivity (Wildman–Crippen MR) is 111 cm³/mol. The summed E-state index contributed by atoms with van der Waals surface area (Å²) >= 11 is 0. The molecule has 0 bridgehead atoms. The number of esters is 1. The van der Waals surface area contributed by atoms with E-state index in [9.17, 15) is 14.4 Å². The van der Waals surface area contributed by atoms with E-state index in [1.165, 1.54) is 0 Å². The number of nitrogens with one attached hydrogen (secondary N) is 4. The third kappa shape index (κ3) is 5.35. The van der Waals surface area contributed by atoms with Crippen molar-refractivity contribution in [2.45, 2.75) is 13.8 Å². The number of hydrogen-bond donors (Lipinski definition) is 4. The van der Waals surface area contributed by atoms with E-state index in [2.05, 4.69) is 20.9 Å². The summed E-state index contributed by atoms with van der Waals surface area (Å²) in [6.07, 6.45) is 0. The van der Waals surface area contributed by atoms with Crippen molar-refractivity contribution in [3.8, 4) is 0 Å². The summed E-state index contributed by atoms with van der Waals surface area (Å²) in [6, 6.07) is 13.7. The van der Waals surface area contributed by atoms with Crippen molar-refractivity contribution in [3.63, 3.8) is 0 Å². The van der Waals surface area contributed by atoms with Gasteiger partial charge in [-0.15, -0.1) is 0 Å². The van der Waals surface area contributed by atoms with Crippen molar-refractivity contribution < 1.29 is 19.1 Å². The topological polar surface area (TPSA) is 112 Å². The molecule has 0 aliphatic rings. The molecule has 2 aromatic carbocycles. The minimum Gasteiger partial charge on any atom is -0.461 e. The van der Waals surface area contributed by atoms with Gasteiger partial charge in [0.05, 0.1) is 13.2 Å². The van der Waals surface area contributed by atoms with E-state index in [-0.39, 0.29) is 12.5 Å². The number of urea groups is 1. The zero-order valence-corrected chi connectivity index (χ0v) is 16.2. The molecule has 8 nitrogen and oxygen atoms in total. The van der Waals surface area contributed by atoms with Crippen LogP contribution in [-0.4, -0.2) is 36.0 Å². The second-order valence-electron chi connectivity index (χ2n) is 6.43. The van der Waals surface area contributed by atoms with Crippen molar-refractivity contribution in [3.05, 3.63) is 59.8 Å². The van der Waals surface area contributed by atoms with E-state index >= 15 is 0 Å². The van der Waals surface area contributed by atoms with E-state index in [0.717, 1.165) is 16.5 Å². The molecule has 0 aliphatic carbocycles. The Balaban J connectivity index is 1.54. The zero-order chi connectivity index (χ0) is 20.8. The number of aromatic nitrogens is 1. The highest BCUT2D eigenvalue weighted by atomic mass is 16.5. The van der Waals surface area contributed by atoms with Crippen LogP contribution in [0.25, 0.3) is 10.9 Å². The number of aryl methyl sites for hydroxylation is 1. The number of anilines is 2. The van der Waals surface area contributed by atoms with Gasteiger partial charge in [-0.25, -0.2) is 9.59 Å². The van der Waals surface area contributed by atoms with Gasteiger partial charge in [0, 0.05) is 22.3 Å². The summed E-state index contributed by atoms with van der Waals surface area (Å²) in [4.78, 5) is 38.8. The quantitative estimate of drug-likeness (QED) is 0.480. The van der Waals surface area contributed by atoms with Crippen LogP contribution in [0.15, 0.2) is 48.5 Å². The molecule has 0 fully saturated rings. The summed E-state index contributed by atoms with van der Waals surface area (Å²) in [5, 5.41) is 8.64. The van der Waals surface area contributed by atoms with Crippen LogP contribution in [0.2, 0.25) is 0 Å². The number of aromatic amines is 1. The Labute approximate surface area is 167 Å². The molecule has 4 N–H and O–H groups in total. The fourth-order valence-electron chi connectivity index (χ4n) is 2.71. The lowest BCUT2D eigenvalue weighted by molar-refractivity contribution is -0.115. The average Bonchev–Trinajstić information content (AvgIpc) is 3.12. The first-order chi connectivity index (χ1) is 13.9. The van der Waals surface area contributed by atoms with Gasteiger partial charge in [-0.05, 0) is 50.2 Å². The summed E-state index contributed by atoms with van der Waals surface area (Å²) in [5.74, 6) is -0.803. The molecule has 1 heterocycles. The number of carbonyl (C=O) groups excluding carboxylic acids is 3. The summed E-state index contributed by atoms with van der Waals surface area (Å²) in [5.41, 5.74) is 3.38. The molecule has 1 aromatic heterocycles. The van der Waals surface area contributed by atoms with Crippen LogP contribution in [0.5, 0.6) is 0 Å². The predicted octanol–water partition coefficient (Wildman–Crippen LogP) is 3.41. The molecular weight excluding hydrogens is 372 g/mol. The van der Waals surface area contributed by atoms with Crippen LogP contribution in [0.1, 0.15) is 23.0 Å². The van der Waals surface area contributed by atoms with Crippen LogP contribution in [-0.2, 0) is 9.53 Å². The van der Waals surface area contributed by atoms with Gasteiger partial charge in [-0.2, -0.15) is 0 Å². The Morgan fingerprint density at radius 3 is 2.41 bits per heavy atom. The second-order valence-corrected chi connectivity index (χ2v) is 6.43. The molecule has 8 heteroatoms. The van der Waals surface area contributed by atoms with Gasteiger partial charge in [0.15, 0.2) is 0 Å². The van der Waals surface area contributed by atoms with E-state index in [1.54, 1.807) is 43.3 Å². The molecule has 0 radical (unpaired) electrons. The minimum absolute atomic E-state index is 0.184. The van der Waals surface area contributed by atoms with Crippen LogP contribution < -0.4 is 16.0 Å². The van der Waals surface area contributed by atoms with Crippen LogP contribution in [0.4, 0.5) is 16.2 Å². The van der Waals surface area contributed by atoms with Gasteiger partial charge >= 0.3 is 12.0 Å². The first kappa shape index (κ1) is 19.9. The van der Waals surface area contributed by atoms with Gasteiger partial charge in [0.2, 0.25) is 5.91 Å². The monoisotopic (exact) mass is 394 g/mol. The molecule has 3 amide bonds. The Hall–Kier alpha value is -3.81. The maximum Gasteiger partial charge on any atom is 0.354 e. The molecule has 3 aromatic rings. The smallest absolute Gasteiger partial charge is 0.354 e. The van der Waals surface area contributed by atoms with Crippen molar-refractivity contribution in [1.29, 1.82) is 0 Å². The molecule has 0 spiro atoms. The van der Waals surface area contributed by atoms with Gasteiger partial charge in [0.1, 0.15) is 5.69 Å². The Kier molecular flexibility index (Phi) is 6.13. The number of amides is 3. The van der Waals surface area contributed by atoms with E-state index in [1.807, 2.05) is 19.1 Å². The minimum atomic E-state index is -0.468. The zero-order valence-electron chi connectivity index (χ0n) is 16.2. The molecule has 0 atom stereocenters. The molecule has 0 unspecified atom stereocenters. The average molecular weight is 394 g/mol. The maximum atomic E-state index is 12.1. The number of rotatable bonds is 6. The van der Waals surface area contributed by atoms with Crippen LogP contribution in [0.3, 0.4) is 0 Å². The van der Waals surface area contributed by atoms with Gasteiger partial charge < -0.3 is 25.7 Å². The van der Waals surface area contributed by atoms with E-state index in [4.69, 9.17) is 4.74 Å². The van der Waals surface area contributed by atoms with Crippen LogP contribution in [0, 0.1) is 6.92 Å². The highest BCUT2D eigenvalue weighted by molar-refractivity contribution is 5.99. The molecule has 0 aliphatic heterocycles. The number of fused-ring (bicyclic) bond motifs is 1. The highest BCUT2D eigenvalue weighted by Crippen LogP contribution is 2.20. The van der Waals surface area contributed by atoms with Gasteiger partial charge in [0.25, 0.3) is 0 Å². The SMILES string of the molecule is CCOC(=O)c1cc2cc(NC(=O)CNC(=O)Nc3ccc(C)cc3)ccc2[nH]1. The molecule has 150 valence electrons. The van der Waals surface area contributed by atoms with Crippen LogP contribution >= 0.6 is 0 Å². The first-order valence-electron chi connectivity index (χ1n) is 9.16. The van der Waals surface area contributed by atoms with E-state index < -0.39 is 12.0 Å². The third-order valence-corrected chi connectivity index (χ3v) is 4.12. The number of hydrogen-bond acceptors (Lipinski definition) is 4. The fraction of sp³-hybridized carbons (Fsp3) is 0.190. The van der Waals surface area contributed by atoms with Gasteiger partial charge in [-0.3, -0.25) is 4.79 Å². The first-order valence-corrected chi connectivity index (χ1v) is 9.16. The van der Waals surface area contributed by atoms with Crippen molar-refractivity contribution in [2.24, 2.45) is 0 Å². The summed E-state index contributed by atoms with van der Waals surface area (Å²) in [7, 11) is 0. The lowest BCUT2D eigenvalue weighted by Crippen LogP contribution is -2.35. The second kappa shape index (κ2) is 8.92. The Morgan fingerprint density at radius 1 is 0.966 bits per heavy atom. The summed E-state index contributed by atoms with van der Waals surface area (Å²) in [6.45, 7) is 3.80. The Morgan fingerprint density at radius 2 is 1.69 bits per heavy atom. The molecule has 0 saturated carbocycles.